The van der Waals surface area contributed by atoms with E-state index < -0.39 is 97.5 Å². The van der Waals surface area contributed by atoms with Crippen LogP contribution in [0.15, 0.2) is 0 Å². The van der Waals surface area contributed by atoms with Gasteiger partial charge in [0.1, 0.15) is 19.3 Å². The molecule has 0 aliphatic carbocycles. The molecule has 0 aromatic carbocycles. The third-order valence-electron chi connectivity index (χ3n) is 15.8. The van der Waals surface area contributed by atoms with Crippen LogP contribution in [0.25, 0.3) is 0 Å². The molecule has 516 valence electrons. The summed E-state index contributed by atoms with van der Waals surface area (Å²) in [5.41, 5.74) is 0. The Morgan fingerprint density at radius 1 is 0.310 bits per heavy atom. The van der Waals surface area contributed by atoms with Gasteiger partial charge in [-0.3, -0.25) is 37.3 Å². The van der Waals surface area contributed by atoms with Crippen LogP contribution in [-0.4, -0.2) is 96.7 Å². The van der Waals surface area contributed by atoms with Gasteiger partial charge in [-0.05, 0) is 31.6 Å². The van der Waals surface area contributed by atoms with Crippen LogP contribution >= 0.6 is 15.6 Å². The summed E-state index contributed by atoms with van der Waals surface area (Å²) in [5.74, 6) is -1.47. The number of carbonyl (C=O) groups is 4. The van der Waals surface area contributed by atoms with Crippen molar-refractivity contribution in [2.75, 3.05) is 39.6 Å². The molecule has 19 heteroatoms. The van der Waals surface area contributed by atoms with Crippen molar-refractivity contribution >= 4 is 39.5 Å². The molecule has 0 radical (unpaired) electrons. The Kier molecular flexibility index (Phi) is 60.2. The van der Waals surface area contributed by atoms with E-state index in [1.54, 1.807) is 0 Å². The number of rotatable bonds is 68. The van der Waals surface area contributed by atoms with Crippen LogP contribution in [0.2, 0.25) is 0 Å². The summed E-state index contributed by atoms with van der Waals surface area (Å²) in [5, 5.41) is 10.5. The summed E-state index contributed by atoms with van der Waals surface area (Å²) in [6.07, 6.45) is 47.9. The minimum Gasteiger partial charge on any atom is -0.462 e. The Labute approximate surface area is 530 Å². The molecule has 0 saturated carbocycles. The zero-order valence-electron chi connectivity index (χ0n) is 56.2. The van der Waals surface area contributed by atoms with E-state index in [1.807, 2.05) is 0 Å². The fraction of sp³-hybridized carbons (Fsp3) is 0.941. The van der Waals surface area contributed by atoms with Crippen molar-refractivity contribution in [3.63, 3.8) is 0 Å². The van der Waals surface area contributed by atoms with Crippen molar-refractivity contribution in [1.29, 1.82) is 0 Å². The average Bonchev–Trinajstić information content (AvgIpc) is 3.70. The SMILES string of the molecule is CCCCCCCCCCCCCCCCCCCCCCC(=O)O[C@H](COC(=O)CCCCCCCCCCCCCCC)COP(=O)(O)OC[C@@H](O)COP(=O)(O)OC[C@@H](COC(=O)CCCCCCC)OC(=O)CCCCCCCCC(C)C. The van der Waals surface area contributed by atoms with Crippen LogP contribution in [0.3, 0.4) is 0 Å². The lowest BCUT2D eigenvalue weighted by molar-refractivity contribution is -0.161. The maximum Gasteiger partial charge on any atom is 0.472 e. The van der Waals surface area contributed by atoms with E-state index in [4.69, 9.17) is 37.0 Å². The first-order chi connectivity index (χ1) is 42.0. The molecule has 0 fully saturated rings. The number of aliphatic hydroxyl groups is 1. The van der Waals surface area contributed by atoms with E-state index in [-0.39, 0.29) is 25.7 Å². The molecule has 0 bridgehead atoms. The molecule has 0 aliphatic rings. The summed E-state index contributed by atoms with van der Waals surface area (Å²) >= 11 is 0. The number of phosphoric acid groups is 2. The number of ether oxygens (including phenoxy) is 4. The lowest BCUT2D eigenvalue weighted by Gasteiger charge is -2.21. The van der Waals surface area contributed by atoms with E-state index in [2.05, 4.69) is 34.6 Å². The first kappa shape index (κ1) is 85.1. The molecule has 0 heterocycles. The number of esters is 4. The van der Waals surface area contributed by atoms with Gasteiger partial charge in [0, 0.05) is 25.7 Å². The number of hydrogen-bond acceptors (Lipinski definition) is 15. The minimum atomic E-state index is -4.95. The first-order valence-corrected chi connectivity index (χ1v) is 38.6. The van der Waals surface area contributed by atoms with Crippen molar-refractivity contribution in [1.82, 2.24) is 0 Å². The predicted molar refractivity (Wildman–Crippen MR) is 349 cm³/mol. The van der Waals surface area contributed by atoms with Crippen LogP contribution < -0.4 is 0 Å². The van der Waals surface area contributed by atoms with Crippen molar-refractivity contribution in [2.24, 2.45) is 5.92 Å². The third kappa shape index (κ3) is 62.6. The van der Waals surface area contributed by atoms with Gasteiger partial charge in [0.15, 0.2) is 12.2 Å². The van der Waals surface area contributed by atoms with Crippen molar-refractivity contribution in [3.8, 4) is 0 Å². The van der Waals surface area contributed by atoms with Crippen LogP contribution in [0, 0.1) is 5.92 Å². The number of phosphoric ester groups is 2. The number of hydrogen-bond donors (Lipinski definition) is 3. The monoisotopic (exact) mass is 1280 g/mol. The molecule has 0 saturated heterocycles. The Morgan fingerprint density at radius 2 is 0.529 bits per heavy atom. The zero-order valence-corrected chi connectivity index (χ0v) is 57.9. The fourth-order valence-electron chi connectivity index (χ4n) is 10.3. The van der Waals surface area contributed by atoms with Crippen molar-refractivity contribution < 1.29 is 80.2 Å². The topological polar surface area (TPSA) is 237 Å². The molecule has 2 unspecified atom stereocenters. The lowest BCUT2D eigenvalue weighted by Crippen LogP contribution is -2.30. The van der Waals surface area contributed by atoms with Gasteiger partial charge in [0.25, 0.3) is 0 Å². The van der Waals surface area contributed by atoms with E-state index in [9.17, 15) is 43.2 Å². The van der Waals surface area contributed by atoms with Crippen LogP contribution in [-0.2, 0) is 65.4 Å². The quantitative estimate of drug-likeness (QED) is 0.0222. The van der Waals surface area contributed by atoms with Gasteiger partial charge in [-0.2, -0.15) is 0 Å². The molecular formula is C68H132O17P2. The molecule has 0 amide bonds. The average molecular weight is 1280 g/mol. The molecule has 87 heavy (non-hydrogen) atoms. The normalized spacial score (nSPS) is 14.1. The molecular weight excluding hydrogens is 1150 g/mol. The highest BCUT2D eigenvalue weighted by Gasteiger charge is 2.30. The largest absolute Gasteiger partial charge is 0.472 e. The molecule has 5 atom stereocenters. The second-order valence-electron chi connectivity index (χ2n) is 25.0. The Bertz CT molecular complexity index is 1690. The maximum atomic E-state index is 13.0. The summed E-state index contributed by atoms with van der Waals surface area (Å²) in [7, 11) is -9.88. The second-order valence-corrected chi connectivity index (χ2v) is 27.9. The molecule has 0 aromatic rings. The Morgan fingerprint density at radius 3 is 0.782 bits per heavy atom. The predicted octanol–water partition coefficient (Wildman–Crippen LogP) is 19.4. The number of unbranched alkanes of at least 4 members (excludes halogenated alkanes) is 40. The van der Waals surface area contributed by atoms with E-state index in [1.165, 1.54) is 167 Å². The van der Waals surface area contributed by atoms with Crippen molar-refractivity contribution in [3.05, 3.63) is 0 Å². The highest BCUT2D eigenvalue weighted by Crippen LogP contribution is 2.45. The summed E-state index contributed by atoms with van der Waals surface area (Å²) < 4.78 is 67.9. The first-order valence-electron chi connectivity index (χ1n) is 35.6. The molecule has 17 nitrogen and oxygen atoms in total. The standard InChI is InChI=1S/C68H132O17P2/c1-6-9-12-15-17-19-21-23-24-25-26-27-28-29-31-33-35-37-43-48-53-67(72)84-64(58-79-66(71)52-47-42-36-34-32-30-22-20-18-16-13-10-7-2)60-83-87(76,77)81-56-62(69)55-80-86(74,75)82-59-63(57-78-65(70)51-46-40-14-11-8-3)85-68(73)54-49-44-39-38-41-45-50-61(4)5/h61-64,69H,6-60H2,1-5H3,(H,74,75)(H,76,77)/t62-,63+,64+/m0/s1. The van der Waals surface area contributed by atoms with Crippen LogP contribution in [0.1, 0.15) is 349 Å². The molecule has 0 aromatic heterocycles. The second kappa shape index (κ2) is 61.6. The molecule has 3 N–H and O–H groups in total. The minimum absolute atomic E-state index is 0.101. The highest BCUT2D eigenvalue weighted by atomic mass is 31.2. The summed E-state index contributed by atoms with van der Waals surface area (Å²) in [4.78, 5) is 72.1. The summed E-state index contributed by atoms with van der Waals surface area (Å²) in [6, 6.07) is 0. The van der Waals surface area contributed by atoms with Gasteiger partial charge in [0.2, 0.25) is 0 Å². The van der Waals surface area contributed by atoms with Gasteiger partial charge < -0.3 is 33.8 Å². The van der Waals surface area contributed by atoms with E-state index >= 15 is 0 Å². The number of aliphatic hydroxyl groups excluding tert-OH is 1. The Balaban J connectivity index is 5.11. The maximum absolute atomic E-state index is 13.0. The van der Waals surface area contributed by atoms with Crippen molar-refractivity contribution in [2.45, 2.75) is 368 Å². The molecule has 0 aliphatic heterocycles. The fourth-order valence-corrected chi connectivity index (χ4v) is 11.9. The smallest absolute Gasteiger partial charge is 0.462 e. The molecule has 0 spiro atoms. The molecule has 0 rings (SSSR count). The van der Waals surface area contributed by atoms with Gasteiger partial charge in [-0.1, -0.05) is 298 Å². The van der Waals surface area contributed by atoms with Crippen LogP contribution in [0.5, 0.6) is 0 Å². The summed E-state index contributed by atoms with van der Waals surface area (Å²) in [6.45, 7) is 7.04. The van der Waals surface area contributed by atoms with Gasteiger partial charge in [-0.25, -0.2) is 9.13 Å². The van der Waals surface area contributed by atoms with E-state index in [0.29, 0.717) is 31.6 Å². The lowest BCUT2D eigenvalue weighted by atomic mass is 10.0. The number of carbonyl (C=O) groups excluding carboxylic acids is 4. The Hall–Kier alpha value is -1.94. The third-order valence-corrected chi connectivity index (χ3v) is 17.7. The van der Waals surface area contributed by atoms with E-state index in [0.717, 1.165) is 96.3 Å². The highest BCUT2D eigenvalue weighted by molar-refractivity contribution is 7.47. The van der Waals surface area contributed by atoms with Gasteiger partial charge >= 0.3 is 39.5 Å². The zero-order chi connectivity index (χ0) is 64.2. The van der Waals surface area contributed by atoms with Gasteiger partial charge in [0.05, 0.1) is 26.4 Å². The van der Waals surface area contributed by atoms with Gasteiger partial charge in [-0.15, -0.1) is 0 Å². The van der Waals surface area contributed by atoms with Crippen LogP contribution in [0.4, 0.5) is 0 Å².